The van der Waals surface area contributed by atoms with Gasteiger partial charge in [-0.05, 0) is 42.1 Å². The molecule has 0 radical (unpaired) electrons. The molecule has 1 spiro atoms. The molecule has 2 saturated heterocycles. The summed E-state index contributed by atoms with van der Waals surface area (Å²) in [6.07, 6.45) is 4.14. The average molecular weight is 404 g/mol. The SMILES string of the molecule is COc1nocc1CCC(=O)N1CCC2(CC1)CC(O)(c1ccc(F)cc1)CO2. The van der Waals surface area contributed by atoms with E-state index in [1.165, 1.54) is 25.5 Å². The van der Waals surface area contributed by atoms with Gasteiger partial charge in [-0.15, -0.1) is 0 Å². The van der Waals surface area contributed by atoms with Crippen molar-refractivity contribution in [2.24, 2.45) is 0 Å². The predicted octanol–water partition coefficient (Wildman–Crippen LogP) is 2.42. The van der Waals surface area contributed by atoms with E-state index in [1.54, 1.807) is 12.1 Å². The summed E-state index contributed by atoms with van der Waals surface area (Å²) in [5.41, 5.74) is -0.128. The Morgan fingerprint density at radius 2 is 2.03 bits per heavy atom. The van der Waals surface area contributed by atoms with Crippen molar-refractivity contribution in [1.82, 2.24) is 10.1 Å². The lowest BCUT2D eigenvalue weighted by Gasteiger charge is -2.39. The minimum Gasteiger partial charge on any atom is -0.479 e. The fourth-order valence-corrected chi connectivity index (χ4v) is 4.32. The number of carbonyl (C=O) groups excluding carboxylic acids is 1. The normalized spacial score (nSPS) is 23.5. The molecule has 0 aliphatic carbocycles. The molecule has 2 aromatic rings. The van der Waals surface area contributed by atoms with E-state index in [0.29, 0.717) is 56.6 Å². The molecule has 1 N–H and O–H groups in total. The number of rotatable bonds is 5. The lowest BCUT2D eigenvalue weighted by molar-refractivity contribution is -0.136. The number of hydrogen-bond donors (Lipinski definition) is 1. The van der Waals surface area contributed by atoms with Crippen LogP contribution in [0.4, 0.5) is 4.39 Å². The number of likely N-dealkylation sites (tertiary alicyclic amines) is 1. The Morgan fingerprint density at radius 1 is 1.31 bits per heavy atom. The Hall–Kier alpha value is -2.45. The van der Waals surface area contributed by atoms with E-state index in [0.717, 1.165) is 5.56 Å². The molecular formula is C21H25FN2O5. The molecule has 2 aliphatic rings. The molecule has 156 valence electrons. The highest BCUT2D eigenvalue weighted by molar-refractivity contribution is 5.76. The molecule has 8 heteroatoms. The van der Waals surface area contributed by atoms with E-state index in [1.807, 2.05) is 4.90 Å². The van der Waals surface area contributed by atoms with Crippen LogP contribution in [-0.4, -0.2) is 53.5 Å². The largest absolute Gasteiger partial charge is 0.479 e. The zero-order chi connectivity index (χ0) is 20.5. The topological polar surface area (TPSA) is 85.0 Å². The summed E-state index contributed by atoms with van der Waals surface area (Å²) in [6, 6.07) is 5.92. The Kier molecular flexibility index (Phi) is 5.31. The summed E-state index contributed by atoms with van der Waals surface area (Å²) in [5, 5.41) is 14.8. The van der Waals surface area contributed by atoms with Crippen molar-refractivity contribution in [3.63, 3.8) is 0 Å². The van der Waals surface area contributed by atoms with Crippen molar-refractivity contribution >= 4 is 5.91 Å². The smallest absolute Gasteiger partial charge is 0.257 e. The van der Waals surface area contributed by atoms with E-state index in [2.05, 4.69) is 5.16 Å². The number of aromatic nitrogens is 1. The second-order valence-electron chi connectivity index (χ2n) is 7.92. The predicted molar refractivity (Wildman–Crippen MR) is 101 cm³/mol. The third-order valence-electron chi connectivity index (χ3n) is 6.05. The van der Waals surface area contributed by atoms with Gasteiger partial charge in [-0.3, -0.25) is 4.79 Å². The van der Waals surface area contributed by atoms with E-state index in [4.69, 9.17) is 14.0 Å². The molecule has 2 fully saturated rings. The zero-order valence-corrected chi connectivity index (χ0v) is 16.4. The van der Waals surface area contributed by atoms with Crippen molar-refractivity contribution in [3.8, 4) is 5.88 Å². The Labute approximate surface area is 168 Å². The number of methoxy groups -OCH3 is 1. The molecule has 7 nitrogen and oxygen atoms in total. The number of amides is 1. The third kappa shape index (κ3) is 4.00. The Morgan fingerprint density at radius 3 is 2.72 bits per heavy atom. The monoisotopic (exact) mass is 404 g/mol. The minimum absolute atomic E-state index is 0.0647. The number of aryl methyl sites for hydroxylation is 1. The first-order valence-corrected chi connectivity index (χ1v) is 9.80. The first-order chi connectivity index (χ1) is 13.9. The van der Waals surface area contributed by atoms with Gasteiger partial charge in [-0.25, -0.2) is 4.39 Å². The fourth-order valence-electron chi connectivity index (χ4n) is 4.32. The highest BCUT2D eigenvalue weighted by Gasteiger charge is 2.50. The molecule has 1 aromatic carbocycles. The van der Waals surface area contributed by atoms with Crippen LogP contribution in [-0.2, 0) is 21.6 Å². The van der Waals surface area contributed by atoms with E-state index >= 15 is 0 Å². The number of halogens is 1. The van der Waals surface area contributed by atoms with Crippen LogP contribution in [0, 0.1) is 5.82 Å². The number of nitrogens with zero attached hydrogens (tertiary/aromatic N) is 2. The molecule has 4 rings (SSSR count). The van der Waals surface area contributed by atoms with Gasteiger partial charge in [-0.2, -0.15) is 0 Å². The lowest BCUT2D eigenvalue weighted by Crippen LogP contribution is -2.47. The Bertz CT molecular complexity index is 860. The second-order valence-corrected chi connectivity index (χ2v) is 7.92. The summed E-state index contributed by atoms with van der Waals surface area (Å²) in [5.74, 6) is 0.145. The van der Waals surface area contributed by atoms with Crippen molar-refractivity contribution < 1.29 is 28.3 Å². The summed E-state index contributed by atoms with van der Waals surface area (Å²) < 4.78 is 29.2. The molecule has 1 amide bonds. The van der Waals surface area contributed by atoms with Gasteiger partial charge in [0.2, 0.25) is 5.91 Å². The lowest BCUT2D eigenvalue weighted by atomic mass is 9.80. The van der Waals surface area contributed by atoms with Gasteiger partial charge in [0.25, 0.3) is 5.88 Å². The molecular weight excluding hydrogens is 379 g/mol. The highest BCUT2D eigenvalue weighted by atomic mass is 19.1. The van der Waals surface area contributed by atoms with Crippen LogP contribution in [0.25, 0.3) is 0 Å². The summed E-state index contributed by atoms with van der Waals surface area (Å²) >= 11 is 0. The maximum Gasteiger partial charge on any atom is 0.257 e. The van der Waals surface area contributed by atoms with Crippen LogP contribution in [0.5, 0.6) is 5.88 Å². The van der Waals surface area contributed by atoms with Crippen molar-refractivity contribution in [2.75, 3.05) is 26.8 Å². The van der Waals surface area contributed by atoms with Crippen LogP contribution < -0.4 is 4.74 Å². The summed E-state index contributed by atoms with van der Waals surface area (Å²) in [6.45, 7) is 1.35. The first kappa shape index (κ1) is 19.8. The molecule has 0 bridgehead atoms. The van der Waals surface area contributed by atoms with Crippen molar-refractivity contribution in [3.05, 3.63) is 47.5 Å². The van der Waals surface area contributed by atoms with Gasteiger partial charge < -0.3 is 24.0 Å². The van der Waals surface area contributed by atoms with Crippen LogP contribution in [0.2, 0.25) is 0 Å². The number of aliphatic hydroxyl groups is 1. The maximum absolute atomic E-state index is 13.2. The third-order valence-corrected chi connectivity index (χ3v) is 6.05. The molecule has 0 saturated carbocycles. The van der Waals surface area contributed by atoms with Crippen molar-refractivity contribution in [1.29, 1.82) is 0 Å². The van der Waals surface area contributed by atoms with E-state index < -0.39 is 11.2 Å². The zero-order valence-electron chi connectivity index (χ0n) is 16.4. The van der Waals surface area contributed by atoms with Gasteiger partial charge in [0, 0.05) is 25.9 Å². The van der Waals surface area contributed by atoms with Crippen molar-refractivity contribution in [2.45, 2.75) is 43.3 Å². The molecule has 29 heavy (non-hydrogen) atoms. The standard InChI is InChI=1S/C21H25FN2O5/c1-27-19-15(12-29-23-19)2-7-18(25)24-10-8-20(9-11-24)13-21(26,14-28-20)16-3-5-17(22)6-4-16/h3-6,12,26H,2,7-11,13-14H2,1H3. The Balaban J connectivity index is 1.32. The second kappa shape index (κ2) is 7.76. The number of ether oxygens (including phenoxy) is 2. The molecule has 1 atom stereocenters. The van der Waals surface area contributed by atoms with Gasteiger partial charge in [0.1, 0.15) is 17.7 Å². The molecule has 2 aliphatic heterocycles. The van der Waals surface area contributed by atoms with Crippen LogP contribution in [0.3, 0.4) is 0 Å². The minimum atomic E-state index is -1.12. The molecule has 3 heterocycles. The number of carbonyl (C=O) groups is 1. The van der Waals surface area contributed by atoms with E-state index in [9.17, 15) is 14.3 Å². The fraction of sp³-hybridized carbons (Fsp3) is 0.524. The summed E-state index contributed by atoms with van der Waals surface area (Å²) in [7, 11) is 1.52. The van der Waals surface area contributed by atoms with Gasteiger partial charge in [-0.1, -0.05) is 12.1 Å². The van der Waals surface area contributed by atoms with Gasteiger partial charge >= 0.3 is 0 Å². The molecule has 1 unspecified atom stereocenters. The van der Waals surface area contributed by atoms with Crippen LogP contribution >= 0.6 is 0 Å². The van der Waals surface area contributed by atoms with Gasteiger partial charge in [0.05, 0.1) is 24.9 Å². The first-order valence-electron chi connectivity index (χ1n) is 9.80. The van der Waals surface area contributed by atoms with E-state index in [-0.39, 0.29) is 18.3 Å². The van der Waals surface area contributed by atoms with Crippen LogP contribution in [0.1, 0.15) is 36.8 Å². The number of benzene rings is 1. The maximum atomic E-state index is 13.2. The number of hydrogen-bond acceptors (Lipinski definition) is 6. The molecule has 1 aromatic heterocycles. The summed E-state index contributed by atoms with van der Waals surface area (Å²) in [4.78, 5) is 14.4. The number of piperidine rings is 1. The van der Waals surface area contributed by atoms with Gasteiger partial charge in [0.15, 0.2) is 0 Å². The quantitative estimate of drug-likeness (QED) is 0.824. The highest BCUT2D eigenvalue weighted by Crippen LogP contribution is 2.45. The van der Waals surface area contributed by atoms with Crippen LogP contribution in [0.15, 0.2) is 35.1 Å². The average Bonchev–Trinajstić information content (AvgIpc) is 3.32.